The molecule has 6 unspecified atom stereocenters. The molecule has 3 rings (SSSR count). The lowest BCUT2D eigenvalue weighted by Crippen LogP contribution is -2.56. The van der Waals surface area contributed by atoms with Gasteiger partial charge < -0.3 is 19.8 Å². The SMILES string of the molecule is CC(O)C1OC2SC(N3CCCC3)=NC2C(F)C1O. The van der Waals surface area contributed by atoms with Crippen molar-refractivity contribution in [2.45, 2.75) is 55.7 Å². The van der Waals surface area contributed by atoms with Crippen molar-refractivity contribution in [1.29, 1.82) is 0 Å². The quantitative estimate of drug-likeness (QED) is 0.730. The fourth-order valence-electron chi connectivity index (χ4n) is 2.80. The van der Waals surface area contributed by atoms with Gasteiger partial charge in [0.25, 0.3) is 0 Å². The third-order valence-electron chi connectivity index (χ3n) is 3.89. The van der Waals surface area contributed by atoms with Gasteiger partial charge in [-0.15, -0.1) is 0 Å². The summed E-state index contributed by atoms with van der Waals surface area (Å²) in [5, 5.41) is 20.2. The second kappa shape index (κ2) is 5.20. The van der Waals surface area contributed by atoms with Crippen molar-refractivity contribution in [3.05, 3.63) is 0 Å². The average Bonchev–Trinajstić information content (AvgIpc) is 3.01. The molecule has 19 heavy (non-hydrogen) atoms. The van der Waals surface area contributed by atoms with Gasteiger partial charge in [-0.25, -0.2) is 4.39 Å². The second-order valence-corrected chi connectivity index (χ2v) is 6.42. The summed E-state index contributed by atoms with van der Waals surface area (Å²) in [6.07, 6.45) is -2.31. The number of thioether (sulfide) groups is 1. The normalized spacial score (nSPS) is 44.1. The van der Waals surface area contributed by atoms with Crippen LogP contribution in [0.5, 0.6) is 0 Å². The van der Waals surface area contributed by atoms with Gasteiger partial charge >= 0.3 is 0 Å². The first-order valence-electron chi connectivity index (χ1n) is 6.73. The number of aliphatic hydroxyl groups excluding tert-OH is 2. The highest BCUT2D eigenvalue weighted by molar-refractivity contribution is 8.14. The van der Waals surface area contributed by atoms with E-state index in [2.05, 4.69) is 9.89 Å². The minimum atomic E-state index is -1.48. The first-order valence-corrected chi connectivity index (χ1v) is 7.61. The lowest BCUT2D eigenvalue weighted by Gasteiger charge is -2.38. The molecule has 0 saturated carbocycles. The molecule has 0 aromatic carbocycles. The molecule has 0 spiro atoms. The zero-order valence-corrected chi connectivity index (χ0v) is 11.6. The molecule has 3 aliphatic heterocycles. The lowest BCUT2D eigenvalue weighted by molar-refractivity contribution is -0.165. The molecular weight excluding hydrogens is 271 g/mol. The van der Waals surface area contributed by atoms with Crippen molar-refractivity contribution >= 4 is 16.9 Å². The molecule has 3 aliphatic rings. The number of likely N-dealkylation sites (tertiary alicyclic amines) is 1. The minimum Gasteiger partial charge on any atom is -0.391 e. The first kappa shape index (κ1) is 13.6. The second-order valence-electron chi connectivity index (χ2n) is 5.36. The molecule has 108 valence electrons. The van der Waals surface area contributed by atoms with Crippen LogP contribution in [0.25, 0.3) is 0 Å². The van der Waals surface area contributed by atoms with Crippen molar-refractivity contribution in [2.75, 3.05) is 13.1 Å². The summed E-state index contributed by atoms with van der Waals surface area (Å²) in [6.45, 7) is 3.40. The molecule has 7 heteroatoms. The molecule has 0 aliphatic carbocycles. The van der Waals surface area contributed by atoms with Gasteiger partial charge in [0.1, 0.15) is 23.7 Å². The minimum absolute atomic E-state index is 0.436. The van der Waals surface area contributed by atoms with E-state index >= 15 is 0 Å². The van der Waals surface area contributed by atoms with Crippen LogP contribution in [-0.2, 0) is 4.74 Å². The van der Waals surface area contributed by atoms with E-state index in [4.69, 9.17) is 4.74 Å². The van der Waals surface area contributed by atoms with E-state index in [0.717, 1.165) is 31.1 Å². The Balaban J connectivity index is 1.75. The number of amidine groups is 1. The number of fused-ring (bicyclic) bond motifs is 1. The molecule has 0 aromatic heterocycles. The maximum Gasteiger partial charge on any atom is 0.162 e. The van der Waals surface area contributed by atoms with E-state index in [9.17, 15) is 14.6 Å². The van der Waals surface area contributed by atoms with Gasteiger partial charge in [0.15, 0.2) is 11.3 Å². The Kier molecular flexibility index (Phi) is 3.72. The Hall–Kier alpha value is -0.370. The summed E-state index contributed by atoms with van der Waals surface area (Å²) < 4.78 is 19.8. The summed E-state index contributed by atoms with van der Waals surface area (Å²) in [7, 11) is 0. The molecule has 2 saturated heterocycles. The van der Waals surface area contributed by atoms with Gasteiger partial charge in [-0.05, 0) is 19.8 Å². The molecule has 6 atom stereocenters. The summed E-state index contributed by atoms with van der Waals surface area (Å²) in [6, 6.07) is -0.661. The van der Waals surface area contributed by atoms with Crippen LogP contribution in [0.2, 0.25) is 0 Å². The van der Waals surface area contributed by atoms with E-state index in [1.165, 1.54) is 18.7 Å². The Morgan fingerprint density at radius 2 is 2.16 bits per heavy atom. The van der Waals surface area contributed by atoms with Crippen LogP contribution in [0.1, 0.15) is 19.8 Å². The third kappa shape index (κ3) is 2.37. The molecule has 0 bridgehead atoms. The maximum absolute atomic E-state index is 14.2. The van der Waals surface area contributed by atoms with Gasteiger partial charge in [-0.1, -0.05) is 11.8 Å². The molecule has 2 fully saturated rings. The molecular formula is C12H19FN2O3S. The van der Waals surface area contributed by atoms with Gasteiger partial charge in [0.05, 0.1) is 6.10 Å². The fraction of sp³-hybridized carbons (Fsp3) is 0.917. The number of alkyl halides is 1. The lowest BCUT2D eigenvalue weighted by atomic mass is 9.97. The predicted octanol–water partition coefficient (Wildman–Crippen LogP) is 0.358. The monoisotopic (exact) mass is 290 g/mol. The number of rotatable bonds is 1. The first-order chi connectivity index (χ1) is 9.08. The number of nitrogens with zero attached hydrogens (tertiary/aromatic N) is 2. The van der Waals surface area contributed by atoms with Crippen LogP contribution in [0, 0.1) is 0 Å². The van der Waals surface area contributed by atoms with E-state index in [1.54, 1.807) is 0 Å². The predicted molar refractivity (Wildman–Crippen MR) is 70.9 cm³/mol. The molecule has 0 amide bonds. The largest absolute Gasteiger partial charge is 0.391 e. The highest BCUT2D eigenvalue weighted by atomic mass is 32.2. The number of aliphatic hydroxyl groups is 2. The molecule has 5 nitrogen and oxygen atoms in total. The number of halogens is 1. The zero-order chi connectivity index (χ0) is 13.6. The van der Waals surface area contributed by atoms with Crippen molar-refractivity contribution in [1.82, 2.24) is 4.90 Å². The average molecular weight is 290 g/mol. The van der Waals surface area contributed by atoms with Crippen molar-refractivity contribution in [3.8, 4) is 0 Å². The van der Waals surface area contributed by atoms with Gasteiger partial charge in [0, 0.05) is 13.1 Å². The standard InChI is InChI=1S/C12H19FN2O3S/c1-6(16)10-9(17)7(13)8-11(18-10)19-12(14-8)15-4-2-3-5-15/h6-11,16-17H,2-5H2,1H3. The van der Waals surface area contributed by atoms with Crippen LogP contribution in [0.15, 0.2) is 4.99 Å². The summed E-state index contributed by atoms with van der Waals surface area (Å²) in [5.74, 6) is 0. The molecule has 0 radical (unpaired) electrons. The number of hydrogen-bond donors (Lipinski definition) is 2. The Morgan fingerprint density at radius 3 is 2.79 bits per heavy atom. The molecule has 0 aromatic rings. The third-order valence-corrected chi connectivity index (χ3v) is 5.09. The van der Waals surface area contributed by atoms with E-state index in [-0.39, 0.29) is 0 Å². The topological polar surface area (TPSA) is 65.3 Å². The van der Waals surface area contributed by atoms with Gasteiger partial charge in [0.2, 0.25) is 0 Å². The van der Waals surface area contributed by atoms with Crippen LogP contribution in [-0.4, -0.2) is 69.3 Å². The van der Waals surface area contributed by atoms with E-state index < -0.39 is 36.0 Å². The number of aliphatic imine (C=N–C) groups is 1. The molecule has 2 N–H and O–H groups in total. The maximum atomic E-state index is 14.2. The Morgan fingerprint density at radius 1 is 1.47 bits per heavy atom. The smallest absolute Gasteiger partial charge is 0.162 e. The highest BCUT2D eigenvalue weighted by Crippen LogP contribution is 2.39. The van der Waals surface area contributed by atoms with Gasteiger partial charge in [-0.3, -0.25) is 4.99 Å². The molecule has 3 heterocycles. The van der Waals surface area contributed by atoms with Crippen molar-refractivity contribution in [2.24, 2.45) is 4.99 Å². The fourth-order valence-corrected chi connectivity index (χ4v) is 4.06. The highest BCUT2D eigenvalue weighted by Gasteiger charge is 2.51. The van der Waals surface area contributed by atoms with E-state index in [1.807, 2.05) is 0 Å². The summed E-state index contributed by atoms with van der Waals surface area (Å²) >= 11 is 1.41. The Bertz CT molecular complexity index is 376. The van der Waals surface area contributed by atoms with Gasteiger partial charge in [-0.2, -0.15) is 0 Å². The van der Waals surface area contributed by atoms with Crippen LogP contribution < -0.4 is 0 Å². The van der Waals surface area contributed by atoms with Crippen molar-refractivity contribution < 1.29 is 19.3 Å². The van der Waals surface area contributed by atoms with Crippen molar-refractivity contribution in [3.63, 3.8) is 0 Å². The van der Waals surface area contributed by atoms with E-state index in [0.29, 0.717) is 0 Å². The number of ether oxygens (including phenoxy) is 1. The Labute approximate surface area is 115 Å². The van der Waals surface area contributed by atoms with Crippen LogP contribution in [0.3, 0.4) is 0 Å². The summed E-state index contributed by atoms with van der Waals surface area (Å²) in [5.41, 5.74) is -0.436. The number of hydrogen-bond acceptors (Lipinski definition) is 6. The zero-order valence-electron chi connectivity index (χ0n) is 10.8. The van der Waals surface area contributed by atoms with Crippen LogP contribution >= 0.6 is 11.8 Å². The summed E-state index contributed by atoms with van der Waals surface area (Å²) in [4.78, 5) is 6.52. The van der Waals surface area contributed by atoms with Crippen LogP contribution in [0.4, 0.5) is 4.39 Å².